The molecule has 0 saturated heterocycles. The lowest BCUT2D eigenvalue weighted by Crippen LogP contribution is -2.32. The maximum absolute atomic E-state index is 6.16. The lowest BCUT2D eigenvalue weighted by molar-refractivity contribution is 0.552. The van der Waals surface area contributed by atoms with E-state index in [9.17, 15) is 0 Å². The number of aromatic nitrogens is 2. The fourth-order valence-corrected chi connectivity index (χ4v) is 2.61. The van der Waals surface area contributed by atoms with E-state index in [1.807, 2.05) is 23.1 Å². The van der Waals surface area contributed by atoms with Gasteiger partial charge >= 0.3 is 0 Å². The molecule has 88 valence electrons. The van der Waals surface area contributed by atoms with Gasteiger partial charge in [-0.2, -0.15) is 5.10 Å². The highest BCUT2D eigenvalue weighted by atomic mass is 15.3. The standard InChI is InChI=1S/C14H17N3/c1-11(15)14(7-8-14)12-5-2-3-6-13(12)17-10-4-9-16-17/h2-6,9-11H,7-8,15H2,1H3. The quantitative estimate of drug-likeness (QED) is 0.874. The minimum Gasteiger partial charge on any atom is -0.327 e. The zero-order chi connectivity index (χ0) is 11.9. The summed E-state index contributed by atoms with van der Waals surface area (Å²) < 4.78 is 1.93. The molecule has 1 heterocycles. The molecule has 0 radical (unpaired) electrons. The molecule has 0 bridgehead atoms. The predicted octanol–water partition coefficient (Wildman–Crippen LogP) is 2.25. The first-order chi connectivity index (χ1) is 8.24. The van der Waals surface area contributed by atoms with Crippen LogP contribution in [-0.4, -0.2) is 15.8 Å². The Labute approximate surface area is 101 Å². The third-order valence-electron chi connectivity index (χ3n) is 3.85. The smallest absolute Gasteiger partial charge is 0.0683 e. The van der Waals surface area contributed by atoms with Crippen molar-refractivity contribution in [2.75, 3.05) is 0 Å². The molecule has 1 aromatic carbocycles. The molecule has 1 aliphatic carbocycles. The van der Waals surface area contributed by atoms with E-state index in [4.69, 9.17) is 5.73 Å². The first-order valence-corrected chi connectivity index (χ1v) is 6.09. The number of para-hydroxylation sites is 1. The van der Waals surface area contributed by atoms with Crippen molar-refractivity contribution in [3.8, 4) is 5.69 Å². The molecular weight excluding hydrogens is 210 g/mol. The van der Waals surface area contributed by atoms with E-state index in [0.29, 0.717) is 0 Å². The third-order valence-corrected chi connectivity index (χ3v) is 3.85. The van der Waals surface area contributed by atoms with E-state index >= 15 is 0 Å². The Morgan fingerprint density at radius 3 is 2.65 bits per heavy atom. The van der Waals surface area contributed by atoms with Gasteiger partial charge in [0.05, 0.1) is 5.69 Å². The van der Waals surface area contributed by atoms with E-state index in [0.717, 1.165) is 5.69 Å². The highest BCUT2D eigenvalue weighted by molar-refractivity contribution is 5.49. The first kappa shape index (κ1) is 10.5. The first-order valence-electron chi connectivity index (χ1n) is 6.09. The van der Waals surface area contributed by atoms with Crippen LogP contribution >= 0.6 is 0 Å². The molecule has 17 heavy (non-hydrogen) atoms. The van der Waals surface area contributed by atoms with Gasteiger partial charge in [-0.3, -0.25) is 0 Å². The van der Waals surface area contributed by atoms with Gasteiger partial charge in [-0.15, -0.1) is 0 Å². The lowest BCUT2D eigenvalue weighted by atomic mass is 9.88. The highest BCUT2D eigenvalue weighted by Crippen LogP contribution is 2.51. The van der Waals surface area contributed by atoms with E-state index in [2.05, 4.69) is 36.3 Å². The average Bonchev–Trinajstić information content (AvgIpc) is 2.98. The van der Waals surface area contributed by atoms with Gasteiger partial charge < -0.3 is 5.73 Å². The molecule has 2 aromatic rings. The summed E-state index contributed by atoms with van der Waals surface area (Å²) in [6.45, 7) is 2.10. The molecule has 3 nitrogen and oxygen atoms in total. The van der Waals surface area contributed by atoms with E-state index in [1.165, 1.54) is 18.4 Å². The number of rotatable bonds is 3. The highest BCUT2D eigenvalue weighted by Gasteiger charge is 2.48. The van der Waals surface area contributed by atoms with Gasteiger partial charge in [0.1, 0.15) is 0 Å². The molecule has 0 amide bonds. The second-order valence-corrected chi connectivity index (χ2v) is 4.91. The molecule has 1 aromatic heterocycles. The normalized spacial score (nSPS) is 18.9. The van der Waals surface area contributed by atoms with Crippen molar-refractivity contribution in [3.63, 3.8) is 0 Å². The maximum atomic E-state index is 6.16. The molecule has 0 aliphatic heterocycles. The van der Waals surface area contributed by atoms with Crippen LogP contribution in [0, 0.1) is 0 Å². The van der Waals surface area contributed by atoms with Gasteiger partial charge in [0.2, 0.25) is 0 Å². The van der Waals surface area contributed by atoms with E-state index in [-0.39, 0.29) is 11.5 Å². The summed E-state index contributed by atoms with van der Waals surface area (Å²) in [6.07, 6.45) is 6.16. The van der Waals surface area contributed by atoms with Crippen molar-refractivity contribution in [2.45, 2.75) is 31.2 Å². The van der Waals surface area contributed by atoms with Crippen LogP contribution in [0.25, 0.3) is 5.69 Å². The Kier molecular flexibility index (Phi) is 2.30. The largest absolute Gasteiger partial charge is 0.327 e. The molecule has 3 heteroatoms. The Morgan fingerprint density at radius 1 is 1.29 bits per heavy atom. The summed E-state index contributed by atoms with van der Waals surface area (Å²) >= 11 is 0. The van der Waals surface area contributed by atoms with Crippen LogP contribution in [0.3, 0.4) is 0 Å². The van der Waals surface area contributed by atoms with Crippen LogP contribution in [0.1, 0.15) is 25.3 Å². The Hall–Kier alpha value is -1.61. The summed E-state index contributed by atoms with van der Waals surface area (Å²) in [7, 11) is 0. The molecule has 1 unspecified atom stereocenters. The molecule has 2 N–H and O–H groups in total. The number of hydrogen-bond acceptors (Lipinski definition) is 2. The van der Waals surface area contributed by atoms with Crippen molar-refractivity contribution in [1.29, 1.82) is 0 Å². The molecule has 0 spiro atoms. The van der Waals surface area contributed by atoms with Crippen LogP contribution in [0.5, 0.6) is 0 Å². The Balaban J connectivity index is 2.12. The zero-order valence-corrected chi connectivity index (χ0v) is 10.0. The molecule has 1 fully saturated rings. The minimum atomic E-state index is 0.169. The van der Waals surface area contributed by atoms with E-state index < -0.39 is 0 Å². The molecule has 1 aliphatic rings. The summed E-state index contributed by atoms with van der Waals surface area (Å²) in [6, 6.07) is 10.6. The van der Waals surface area contributed by atoms with Crippen molar-refractivity contribution in [1.82, 2.24) is 9.78 Å². The summed E-state index contributed by atoms with van der Waals surface area (Å²) in [5.74, 6) is 0. The number of nitrogens with zero attached hydrogens (tertiary/aromatic N) is 2. The van der Waals surface area contributed by atoms with Gasteiger partial charge in [0.15, 0.2) is 0 Å². The van der Waals surface area contributed by atoms with Crippen LogP contribution in [0.15, 0.2) is 42.7 Å². The van der Waals surface area contributed by atoms with Crippen LogP contribution in [0.2, 0.25) is 0 Å². The average molecular weight is 227 g/mol. The van der Waals surface area contributed by atoms with Gasteiger partial charge in [-0.1, -0.05) is 18.2 Å². The monoisotopic (exact) mass is 227 g/mol. The molecule has 1 atom stereocenters. The zero-order valence-electron chi connectivity index (χ0n) is 10.0. The van der Waals surface area contributed by atoms with Crippen LogP contribution in [0.4, 0.5) is 0 Å². The SMILES string of the molecule is CC(N)C1(c2ccccc2-n2cccn2)CC1. The maximum Gasteiger partial charge on any atom is 0.0683 e. The van der Waals surface area contributed by atoms with Gasteiger partial charge in [0.25, 0.3) is 0 Å². The Morgan fingerprint density at radius 2 is 2.06 bits per heavy atom. The van der Waals surface area contributed by atoms with Gasteiger partial charge in [-0.05, 0) is 37.5 Å². The summed E-state index contributed by atoms with van der Waals surface area (Å²) in [4.78, 5) is 0. The van der Waals surface area contributed by atoms with Crippen molar-refractivity contribution < 1.29 is 0 Å². The van der Waals surface area contributed by atoms with Gasteiger partial charge in [-0.25, -0.2) is 4.68 Å². The molecule has 3 rings (SSSR count). The topological polar surface area (TPSA) is 43.8 Å². The fraction of sp³-hybridized carbons (Fsp3) is 0.357. The second kappa shape index (κ2) is 3.70. The van der Waals surface area contributed by atoms with Crippen LogP contribution in [-0.2, 0) is 5.41 Å². The molecule has 1 saturated carbocycles. The van der Waals surface area contributed by atoms with Crippen molar-refractivity contribution in [2.24, 2.45) is 5.73 Å². The van der Waals surface area contributed by atoms with Gasteiger partial charge in [0, 0.05) is 23.9 Å². The number of nitrogens with two attached hydrogens (primary N) is 1. The fourth-order valence-electron chi connectivity index (χ4n) is 2.61. The minimum absolute atomic E-state index is 0.169. The van der Waals surface area contributed by atoms with Crippen molar-refractivity contribution in [3.05, 3.63) is 48.3 Å². The lowest BCUT2D eigenvalue weighted by Gasteiger charge is -2.23. The third kappa shape index (κ3) is 1.58. The molecular formula is C14H17N3. The number of benzene rings is 1. The number of hydrogen-bond donors (Lipinski definition) is 1. The van der Waals surface area contributed by atoms with Crippen molar-refractivity contribution >= 4 is 0 Å². The van der Waals surface area contributed by atoms with E-state index in [1.54, 1.807) is 0 Å². The summed E-state index contributed by atoms with van der Waals surface area (Å²) in [5, 5.41) is 4.32. The van der Waals surface area contributed by atoms with Crippen LogP contribution < -0.4 is 5.73 Å². The Bertz CT molecular complexity index is 510. The summed E-state index contributed by atoms with van der Waals surface area (Å²) in [5.41, 5.74) is 8.82. The second-order valence-electron chi connectivity index (χ2n) is 4.91. The predicted molar refractivity (Wildman–Crippen MR) is 68.1 cm³/mol.